The van der Waals surface area contributed by atoms with Gasteiger partial charge in [-0.1, -0.05) is 26.8 Å². The van der Waals surface area contributed by atoms with Gasteiger partial charge in [0.15, 0.2) is 0 Å². The molecule has 0 bridgehead atoms. The summed E-state index contributed by atoms with van der Waals surface area (Å²) >= 11 is 0. The van der Waals surface area contributed by atoms with Crippen LogP contribution in [0.2, 0.25) is 0 Å². The zero-order chi connectivity index (χ0) is 13.9. The first-order chi connectivity index (χ1) is 8.25. The van der Waals surface area contributed by atoms with Gasteiger partial charge in [0.2, 0.25) is 0 Å². The van der Waals surface area contributed by atoms with Crippen LogP contribution < -0.4 is 5.73 Å². The van der Waals surface area contributed by atoms with Crippen LogP contribution >= 0.6 is 0 Å². The van der Waals surface area contributed by atoms with E-state index in [4.69, 9.17) is 10.5 Å². The molecule has 2 nitrogen and oxygen atoms in total. The van der Waals surface area contributed by atoms with Crippen LogP contribution in [0.1, 0.15) is 44.9 Å². The summed E-state index contributed by atoms with van der Waals surface area (Å²) in [6, 6.07) is 4.60. The normalized spacial score (nSPS) is 15.5. The zero-order valence-electron chi connectivity index (χ0n) is 12.0. The molecule has 2 atom stereocenters. The summed E-state index contributed by atoms with van der Waals surface area (Å²) in [7, 11) is 0. The van der Waals surface area contributed by atoms with E-state index in [1.165, 1.54) is 12.1 Å². The summed E-state index contributed by atoms with van der Waals surface area (Å²) in [4.78, 5) is 0. The van der Waals surface area contributed by atoms with Crippen LogP contribution in [0.15, 0.2) is 18.2 Å². The highest BCUT2D eigenvalue weighted by Crippen LogP contribution is 2.31. The van der Waals surface area contributed by atoms with E-state index < -0.39 is 0 Å². The Hall–Kier alpha value is -0.930. The fraction of sp³-hybridized carbons (Fsp3) is 0.600. The van der Waals surface area contributed by atoms with Gasteiger partial charge in [-0.2, -0.15) is 0 Å². The molecule has 18 heavy (non-hydrogen) atoms. The fourth-order valence-electron chi connectivity index (χ4n) is 2.20. The van der Waals surface area contributed by atoms with Gasteiger partial charge in [0, 0.05) is 6.61 Å². The Bertz CT molecular complexity index is 378. The van der Waals surface area contributed by atoms with Crippen LogP contribution in [-0.4, -0.2) is 12.7 Å². The third-order valence-corrected chi connectivity index (χ3v) is 2.98. The molecular formula is C15H24FNO. The molecule has 0 aliphatic rings. The van der Waals surface area contributed by atoms with Gasteiger partial charge in [-0.15, -0.1) is 0 Å². The average Bonchev–Trinajstić information content (AvgIpc) is 2.22. The van der Waals surface area contributed by atoms with E-state index in [-0.39, 0.29) is 23.4 Å². The summed E-state index contributed by atoms with van der Waals surface area (Å²) in [5.74, 6) is -0.246. The van der Waals surface area contributed by atoms with Crippen LogP contribution in [0.5, 0.6) is 0 Å². The molecule has 0 aliphatic heterocycles. The van der Waals surface area contributed by atoms with Crippen molar-refractivity contribution in [2.75, 3.05) is 6.61 Å². The van der Waals surface area contributed by atoms with Crippen molar-refractivity contribution in [3.8, 4) is 0 Å². The molecule has 1 aromatic carbocycles. The quantitative estimate of drug-likeness (QED) is 0.890. The third-order valence-electron chi connectivity index (χ3n) is 2.98. The fourth-order valence-corrected chi connectivity index (χ4v) is 2.20. The topological polar surface area (TPSA) is 35.2 Å². The Morgan fingerprint density at radius 1 is 1.28 bits per heavy atom. The Kier molecular flexibility index (Phi) is 4.88. The molecule has 0 aliphatic carbocycles. The number of rotatable bonds is 4. The van der Waals surface area contributed by atoms with Crippen LogP contribution in [0.3, 0.4) is 0 Å². The lowest BCUT2D eigenvalue weighted by Gasteiger charge is -2.35. The van der Waals surface area contributed by atoms with Gasteiger partial charge < -0.3 is 10.5 Å². The summed E-state index contributed by atoms with van der Waals surface area (Å²) in [6.07, 6.45) is -0.135. The SMILES string of the molecule is CCOC(C(N)c1cc(C)cc(F)c1)C(C)(C)C. The Morgan fingerprint density at radius 3 is 2.33 bits per heavy atom. The molecule has 0 aromatic heterocycles. The minimum Gasteiger partial charge on any atom is -0.376 e. The lowest BCUT2D eigenvalue weighted by molar-refractivity contribution is -0.0283. The Labute approximate surface area is 109 Å². The van der Waals surface area contributed by atoms with E-state index in [1.807, 2.05) is 19.9 Å². The smallest absolute Gasteiger partial charge is 0.123 e. The average molecular weight is 253 g/mol. The standard InChI is InChI=1S/C15H24FNO/c1-6-18-14(15(3,4)5)13(17)11-7-10(2)8-12(16)9-11/h7-9,13-14H,6,17H2,1-5H3. The predicted molar refractivity (Wildman–Crippen MR) is 72.9 cm³/mol. The zero-order valence-corrected chi connectivity index (χ0v) is 12.0. The van der Waals surface area contributed by atoms with Crippen LogP contribution in [-0.2, 0) is 4.74 Å². The van der Waals surface area contributed by atoms with Gasteiger partial charge in [-0.25, -0.2) is 4.39 Å². The number of hydrogen-bond donors (Lipinski definition) is 1. The maximum atomic E-state index is 13.4. The van der Waals surface area contributed by atoms with Crippen molar-refractivity contribution in [3.05, 3.63) is 35.1 Å². The third kappa shape index (κ3) is 3.79. The number of benzene rings is 1. The van der Waals surface area contributed by atoms with Crippen molar-refractivity contribution >= 4 is 0 Å². The second kappa shape index (κ2) is 5.81. The number of halogens is 1. The van der Waals surface area contributed by atoms with E-state index in [0.717, 1.165) is 11.1 Å². The van der Waals surface area contributed by atoms with Gasteiger partial charge in [0.1, 0.15) is 5.82 Å². The molecular weight excluding hydrogens is 229 g/mol. The first kappa shape index (κ1) is 15.1. The van der Waals surface area contributed by atoms with E-state index in [0.29, 0.717) is 6.61 Å². The van der Waals surface area contributed by atoms with E-state index in [2.05, 4.69) is 20.8 Å². The second-order valence-electron chi connectivity index (χ2n) is 5.83. The molecule has 0 saturated heterocycles. The van der Waals surface area contributed by atoms with Gasteiger partial charge in [-0.3, -0.25) is 0 Å². The minimum absolute atomic E-state index is 0.0876. The number of hydrogen-bond acceptors (Lipinski definition) is 2. The molecule has 3 heteroatoms. The van der Waals surface area contributed by atoms with Crippen molar-refractivity contribution < 1.29 is 9.13 Å². The van der Waals surface area contributed by atoms with Crippen molar-refractivity contribution in [3.63, 3.8) is 0 Å². The highest BCUT2D eigenvalue weighted by atomic mass is 19.1. The first-order valence-corrected chi connectivity index (χ1v) is 6.40. The van der Waals surface area contributed by atoms with E-state index in [9.17, 15) is 4.39 Å². The molecule has 2 N–H and O–H groups in total. The minimum atomic E-state index is -0.320. The molecule has 2 unspecified atom stereocenters. The summed E-state index contributed by atoms with van der Waals surface area (Å²) < 4.78 is 19.2. The second-order valence-corrected chi connectivity index (χ2v) is 5.83. The Morgan fingerprint density at radius 2 is 1.89 bits per heavy atom. The molecule has 0 spiro atoms. The van der Waals surface area contributed by atoms with E-state index >= 15 is 0 Å². The molecule has 0 radical (unpaired) electrons. The largest absolute Gasteiger partial charge is 0.376 e. The molecule has 102 valence electrons. The maximum Gasteiger partial charge on any atom is 0.123 e. The summed E-state index contributed by atoms with van der Waals surface area (Å²) in [5.41, 5.74) is 7.84. The van der Waals surface area contributed by atoms with Crippen LogP contribution in [0.25, 0.3) is 0 Å². The van der Waals surface area contributed by atoms with Crippen molar-refractivity contribution in [1.82, 2.24) is 0 Å². The molecule has 0 heterocycles. The van der Waals surface area contributed by atoms with Crippen LogP contribution in [0, 0.1) is 18.2 Å². The number of nitrogens with two attached hydrogens (primary N) is 1. The lowest BCUT2D eigenvalue weighted by atomic mass is 9.82. The van der Waals surface area contributed by atoms with E-state index in [1.54, 1.807) is 0 Å². The monoisotopic (exact) mass is 253 g/mol. The van der Waals surface area contributed by atoms with Gasteiger partial charge >= 0.3 is 0 Å². The predicted octanol–water partition coefficient (Wildman–Crippen LogP) is 3.59. The molecule has 0 amide bonds. The first-order valence-electron chi connectivity index (χ1n) is 6.40. The molecule has 1 aromatic rings. The molecule has 1 rings (SSSR count). The van der Waals surface area contributed by atoms with Gasteiger partial charge in [0.25, 0.3) is 0 Å². The van der Waals surface area contributed by atoms with Crippen molar-refractivity contribution in [1.29, 1.82) is 0 Å². The number of ether oxygens (including phenoxy) is 1. The maximum absolute atomic E-state index is 13.4. The molecule has 0 saturated carbocycles. The van der Waals surface area contributed by atoms with Crippen LogP contribution in [0.4, 0.5) is 4.39 Å². The Balaban J connectivity index is 3.05. The van der Waals surface area contributed by atoms with Gasteiger partial charge in [-0.05, 0) is 42.5 Å². The van der Waals surface area contributed by atoms with Gasteiger partial charge in [0.05, 0.1) is 12.1 Å². The van der Waals surface area contributed by atoms with Crippen molar-refractivity contribution in [2.45, 2.75) is 46.8 Å². The highest BCUT2D eigenvalue weighted by molar-refractivity contribution is 5.27. The summed E-state index contributed by atoms with van der Waals surface area (Å²) in [5, 5.41) is 0. The highest BCUT2D eigenvalue weighted by Gasteiger charge is 2.31. The lowest BCUT2D eigenvalue weighted by Crippen LogP contribution is -2.39. The van der Waals surface area contributed by atoms with Crippen molar-refractivity contribution in [2.24, 2.45) is 11.1 Å². The molecule has 0 fully saturated rings. The number of aryl methyl sites for hydroxylation is 1. The summed E-state index contributed by atoms with van der Waals surface area (Å²) in [6.45, 7) is 10.7.